The maximum Gasteiger partial charge on any atom is 0.144 e. The summed E-state index contributed by atoms with van der Waals surface area (Å²) < 4.78 is 6.21. The lowest BCUT2D eigenvalue weighted by atomic mass is 10.0. The first-order valence-corrected chi connectivity index (χ1v) is 6.83. The molecule has 0 bridgehead atoms. The van der Waals surface area contributed by atoms with Gasteiger partial charge in [0.15, 0.2) is 0 Å². The number of aromatic amines is 1. The summed E-state index contributed by atoms with van der Waals surface area (Å²) in [6.45, 7) is 2.09. The Balaban J connectivity index is 1.81. The zero-order valence-corrected chi connectivity index (χ0v) is 11.3. The molecular weight excluding hydrogens is 246 g/mol. The third-order valence-electron chi connectivity index (χ3n) is 3.87. The molecule has 1 aliphatic heterocycles. The van der Waals surface area contributed by atoms with Crippen LogP contribution in [0, 0.1) is 6.92 Å². The molecule has 1 atom stereocenters. The summed E-state index contributed by atoms with van der Waals surface area (Å²) in [5, 5.41) is 1.22. The van der Waals surface area contributed by atoms with Gasteiger partial charge in [-0.15, -0.1) is 0 Å². The molecule has 0 saturated heterocycles. The standard InChI is InChI=1S/C18H15NO/c1-12-5-4-6-13-9-10-17(20-18(12)13)15-11-19-16-8-3-2-7-14(15)16/h2-11,17,19H,1H3. The lowest BCUT2D eigenvalue weighted by molar-refractivity contribution is 0.251. The Morgan fingerprint density at radius 1 is 1.05 bits per heavy atom. The van der Waals surface area contributed by atoms with Gasteiger partial charge in [-0.3, -0.25) is 0 Å². The maximum atomic E-state index is 6.21. The van der Waals surface area contributed by atoms with Crippen LogP contribution in [0.3, 0.4) is 0 Å². The van der Waals surface area contributed by atoms with E-state index >= 15 is 0 Å². The highest BCUT2D eigenvalue weighted by Crippen LogP contribution is 2.37. The second kappa shape index (κ2) is 4.27. The zero-order valence-electron chi connectivity index (χ0n) is 11.3. The molecule has 98 valence electrons. The summed E-state index contributed by atoms with van der Waals surface area (Å²) in [7, 11) is 0. The SMILES string of the molecule is Cc1cccc2c1OC(c1c[nH]c3ccccc13)C=C2. The van der Waals surface area contributed by atoms with Crippen molar-refractivity contribution in [3.05, 3.63) is 71.4 Å². The van der Waals surface area contributed by atoms with Gasteiger partial charge in [-0.1, -0.05) is 42.5 Å². The Kier molecular flexibility index (Phi) is 2.43. The highest BCUT2D eigenvalue weighted by Gasteiger charge is 2.20. The summed E-state index contributed by atoms with van der Waals surface area (Å²) in [5.74, 6) is 0.991. The molecular formula is C18H15NO. The largest absolute Gasteiger partial charge is 0.481 e. The van der Waals surface area contributed by atoms with Crippen LogP contribution in [0.25, 0.3) is 17.0 Å². The van der Waals surface area contributed by atoms with E-state index in [2.05, 4.69) is 60.5 Å². The van der Waals surface area contributed by atoms with Crippen molar-refractivity contribution in [2.45, 2.75) is 13.0 Å². The molecule has 0 aliphatic carbocycles. The van der Waals surface area contributed by atoms with Crippen molar-refractivity contribution in [2.24, 2.45) is 0 Å². The first kappa shape index (κ1) is 11.4. The quantitative estimate of drug-likeness (QED) is 0.679. The molecule has 0 fully saturated rings. The molecule has 20 heavy (non-hydrogen) atoms. The van der Waals surface area contributed by atoms with Crippen LogP contribution in [0.2, 0.25) is 0 Å². The van der Waals surface area contributed by atoms with Crippen molar-refractivity contribution in [1.82, 2.24) is 4.98 Å². The number of para-hydroxylation sites is 2. The number of benzene rings is 2. The molecule has 3 aromatic rings. The van der Waals surface area contributed by atoms with Crippen molar-refractivity contribution in [3.8, 4) is 5.75 Å². The molecule has 0 spiro atoms. The van der Waals surface area contributed by atoms with Crippen molar-refractivity contribution in [2.75, 3.05) is 0 Å². The van der Waals surface area contributed by atoms with E-state index in [-0.39, 0.29) is 6.10 Å². The molecule has 1 unspecified atom stereocenters. The topological polar surface area (TPSA) is 25.0 Å². The van der Waals surface area contributed by atoms with Gasteiger partial charge in [0.05, 0.1) is 0 Å². The molecule has 0 amide bonds. The zero-order chi connectivity index (χ0) is 13.5. The number of aromatic nitrogens is 1. The van der Waals surface area contributed by atoms with Gasteiger partial charge in [-0.25, -0.2) is 0 Å². The summed E-state index contributed by atoms with van der Waals surface area (Å²) in [6.07, 6.45) is 6.29. The number of rotatable bonds is 1. The number of H-pyrrole nitrogens is 1. The van der Waals surface area contributed by atoms with Crippen molar-refractivity contribution in [3.63, 3.8) is 0 Å². The van der Waals surface area contributed by atoms with Gasteiger partial charge in [-0.2, -0.15) is 0 Å². The van der Waals surface area contributed by atoms with Gasteiger partial charge in [0, 0.05) is 28.2 Å². The molecule has 1 N–H and O–H groups in total. The van der Waals surface area contributed by atoms with Crippen LogP contribution in [0.5, 0.6) is 5.75 Å². The van der Waals surface area contributed by atoms with E-state index in [0.29, 0.717) is 0 Å². The fourth-order valence-corrected chi connectivity index (χ4v) is 2.82. The highest BCUT2D eigenvalue weighted by molar-refractivity contribution is 5.84. The van der Waals surface area contributed by atoms with Crippen LogP contribution in [0.1, 0.15) is 22.8 Å². The van der Waals surface area contributed by atoms with E-state index in [1.54, 1.807) is 0 Å². The van der Waals surface area contributed by atoms with Gasteiger partial charge < -0.3 is 9.72 Å². The second-order valence-electron chi connectivity index (χ2n) is 5.18. The summed E-state index contributed by atoms with van der Waals surface area (Å²) in [6, 6.07) is 14.6. The van der Waals surface area contributed by atoms with Crippen molar-refractivity contribution >= 4 is 17.0 Å². The number of hydrogen-bond acceptors (Lipinski definition) is 1. The van der Waals surface area contributed by atoms with Gasteiger partial charge >= 0.3 is 0 Å². The van der Waals surface area contributed by atoms with Crippen molar-refractivity contribution in [1.29, 1.82) is 0 Å². The van der Waals surface area contributed by atoms with Gasteiger partial charge in [0.1, 0.15) is 11.9 Å². The lowest BCUT2D eigenvalue weighted by Gasteiger charge is -2.22. The van der Waals surface area contributed by atoms with E-state index in [9.17, 15) is 0 Å². The molecule has 0 radical (unpaired) electrons. The van der Waals surface area contributed by atoms with Gasteiger partial charge in [0.2, 0.25) is 0 Å². The average molecular weight is 261 g/mol. The Morgan fingerprint density at radius 3 is 2.90 bits per heavy atom. The summed E-state index contributed by atoms with van der Waals surface area (Å²) >= 11 is 0. The average Bonchev–Trinajstić information content (AvgIpc) is 2.91. The van der Waals surface area contributed by atoms with E-state index in [4.69, 9.17) is 4.74 Å². The smallest absolute Gasteiger partial charge is 0.144 e. The minimum absolute atomic E-state index is 0.0280. The Morgan fingerprint density at radius 2 is 1.95 bits per heavy atom. The molecule has 2 nitrogen and oxygen atoms in total. The number of hydrogen-bond donors (Lipinski definition) is 1. The predicted octanol–water partition coefficient (Wildman–Crippen LogP) is 4.62. The van der Waals surface area contributed by atoms with Crippen LogP contribution in [0.15, 0.2) is 54.7 Å². The molecule has 1 aromatic heterocycles. The number of aryl methyl sites for hydroxylation is 1. The number of nitrogens with one attached hydrogen (secondary N) is 1. The van der Waals surface area contributed by atoms with E-state index in [1.807, 2.05) is 12.3 Å². The van der Waals surface area contributed by atoms with Crippen LogP contribution >= 0.6 is 0 Å². The normalized spacial score (nSPS) is 16.9. The third-order valence-corrected chi connectivity index (χ3v) is 3.87. The third kappa shape index (κ3) is 1.65. The Bertz CT molecular complexity index is 813. The van der Waals surface area contributed by atoms with Crippen LogP contribution in [0.4, 0.5) is 0 Å². The molecule has 0 saturated carbocycles. The molecule has 2 heterocycles. The monoisotopic (exact) mass is 261 g/mol. The van der Waals surface area contributed by atoms with Crippen molar-refractivity contribution < 1.29 is 4.74 Å². The van der Waals surface area contributed by atoms with E-state index in [1.165, 1.54) is 16.5 Å². The van der Waals surface area contributed by atoms with Gasteiger partial charge in [-0.05, 0) is 24.6 Å². The lowest BCUT2D eigenvalue weighted by Crippen LogP contribution is -2.09. The first-order chi connectivity index (χ1) is 9.83. The second-order valence-corrected chi connectivity index (χ2v) is 5.18. The fraction of sp³-hybridized carbons (Fsp3) is 0.111. The predicted molar refractivity (Wildman–Crippen MR) is 81.9 cm³/mol. The molecule has 2 aromatic carbocycles. The summed E-state index contributed by atoms with van der Waals surface area (Å²) in [4.78, 5) is 3.31. The molecule has 1 aliphatic rings. The fourth-order valence-electron chi connectivity index (χ4n) is 2.82. The highest BCUT2D eigenvalue weighted by atomic mass is 16.5. The van der Waals surface area contributed by atoms with Crippen LogP contribution in [-0.2, 0) is 0 Å². The number of fused-ring (bicyclic) bond motifs is 2. The molecule has 4 rings (SSSR count). The molecule has 2 heteroatoms. The Labute approximate surface area is 117 Å². The minimum Gasteiger partial charge on any atom is -0.481 e. The van der Waals surface area contributed by atoms with E-state index in [0.717, 1.165) is 16.8 Å². The van der Waals surface area contributed by atoms with Crippen LogP contribution < -0.4 is 4.74 Å². The first-order valence-electron chi connectivity index (χ1n) is 6.83. The summed E-state index contributed by atoms with van der Waals surface area (Å²) in [5.41, 5.74) is 4.67. The minimum atomic E-state index is -0.0280. The number of ether oxygens (including phenoxy) is 1. The van der Waals surface area contributed by atoms with E-state index < -0.39 is 0 Å². The van der Waals surface area contributed by atoms with Gasteiger partial charge in [0.25, 0.3) is 0 Å². The van der Waals surface area contributed by atoms with Crippen LogP contribution in [-0.4, -0.2) is 4.98 Å². The Hall–Kier alpha value is -2.48. The maximum absolute atomic E-state index is 6.21.